The molecule has 2 atom stereocenters. The summed E-state index contributed by atoms with van der Waals surface area (Å²) in [5, 5.41) is 0. The van der Waals surface area contributed by atoms with Gasteiger partial charge in [-0.15, -0.1) is 0 Å². The van der Waals surface area contributed by atoms with Gasteiger partial charge in [0.1, 0.15) is 5.82 Å². The van der Waals surface area contributed by atoms with Crippen molar-refractivity contribution in [3.8, 4) is 0 Å². The summed E-state index contributed by atoms with van der Waals surface area (Å²) in [6.45, 7) is 8.35. The second kappa shape index (κ2) is 7.49. The summed E-state index contributed by atoms with van der Waals surface area (Å²) in [4.78, 5) is 2.38. The molecule has 2 nitrogen and oxygen atoms in total. The Bertz CT molecular complexity index is 335. The van der Waals surface area contributed by atoms with Crippen LogP contribution in [0, 0.1) is 5.82 Å². The number of rotatable bonds is 7. The lowest BCUT2D eigenvalue weighted by molar-refractivity contribution is 0.183. The highest BCUT2D eigenvalue weighted by Crippen LogP contribution is 2.24. The topological polar surface area (TPSA) is 29.3 Å². The van der Waals surface area contributed by atoms with Gasteiger partial charge in [0.15, 0.2) is 0 Å². The van der Waals surface area contributed by atoms with Crippen LogP contribution in [0.25, 0.3) is 0 Å². The SMILES string of the molecule is CCCCN(CC)C(c1ccc(F)cc1)C(C)N. The van der Waals surface area contributed by atoms with Crippen molar-refractivity contribution < 1.29 is 4.39 Å². The molecule has 0 aliphatic carbocycles. The normalized spacial score (nSPS) is 14.8. The Morgan fingerprint density at radius 1 is 1.22 bits per heavy atom. The molecule has 0 heterocycles. The third-order valence-electron chi connectivity index (χ3n) is 3.31. The monoisotopic (exact) mass is 252 g/mol. The number of nitrogens with zero attached hydrogens (tertiary/aromatic N) is 1. The van der Waals surface area contributed by atoms with Crippen LogP contribution >= 0.6 is 0 Å². The number of hydrogen-bond acceptors (Lipinski definition) is 2. The molecule has 102 valence electrons. The second-order valence-corrected chi connectivity index (χ2v) is 4.84. The molecule has 0 radical (unpaired) electrons. The van der Waals surface area contributed by atoms with E-state index in [1.165, 1.54) is 18.6 Å². The van der Waals surface area contributed by atoms with Crippen LogP contribution in [0.1, 0.15) is 45.2 Å². The van der Waals surface area contributed by atoms with E-state index in [0.717, 1.165) is 25.1 Å². The maximum absolute atomic E-state index is 13.0. The van der Waals surface area contributed by atoms with Gasteiger partial charge in [0.2, 0.25) is 0 Å². The summed E-state index contributed by atoms with van der Waals surface area (Å²) in [6, 6.07) is 6.92. The Labute approximate surface area is 110 Å². The zero-order valence-electron chi connectivity index (χ0n) is 11.7. The lowest BCUT2D eigenvalue weighted by atomic mass is 9.98. The van der Waals surface area contributed by atoms with Gasteiger partial charge >= 0.3 is 0 Å². The number of benzene rings is 1. The molecule has 3 heteroatoms. The summed E-state index contributed by atoms with van der Waals surface area (Å²) in [5.74, 6) is -0.196. The van der Waals surface area contributed by atoms with Crippen molar-refractivity contribution in [2.75, 3.05) is 13.1 Å². The third-order valence-corrected chi connectivity index (χ3v) is 3.31. The highest BCUT2D eigenvalue weighted by Gasteiger charge is 2.22. The minimum absolute atomic E-state index is 0.0345. The molecule has 0 saturated carbocycles. The van der Waals surface area contributed by atoms with Crippen molar-refractivity contribution in [1.29, 1.82) is 0 Å². The van der Waals surface area contributed by atoms with Gasteiger partial charge in [0.25, 0.3) is 0 Å². The third kappa shape index (κ3) is 4.07. The number of hydrogen-bond donors (Lipinski definition) is 1. The zero-order valence-corrected chi connectivity index (χ0v) is 11.7. The number of nitrogens with two attached hydrogens (primary N) is 1. The number of likely N-dealkylation sites (N-methyl/N-ethyl adjacent to an activating group) is 1. The first kappa shape index (κ1) is 15.1. The molecule has 0 spiro atoms. The lowest BCUT2D eigenvalue weighted by Crippen LogP contribution is -2.40. The molecule has 0 bridgehead atoms. The molecule has 1 rings (SSSR count). The Balaban J connectivity index is 2.89. The fourth-order valence-corrected chi connectivity index (χ4v) is 2.36. The Hall–Kier alpha value is -0.930. The van der Waals surface area contributed by atoms with Crippen LogP contribution in [0.4, 0.5) is 4.39 Å². The predicted molar refractivity (Wildman–Crippen MR) is 74.9 cm³/mol. The van der Waals surface area contributed by atoms with Crippen LogP contribution in [-0.4, -0.2) is 24.0 Å². The van der Waals surface area contributed by atoms with E-state index in [9.17, 15) is 4.39 Å². The van der Waals surface area contributed by atoms with Crippen LogP contribution < -0.4 is 5.73 Å². The van der Waals surface area contributed by atoms with Gasteiger partial charge in [-0.1, -0.05) is 32.4 Å². The maximum Gasteiger partial charge on any atom is 0.123 e. The number of halogens is 1. The van der Waals surface area contributed by atoms with Gasteiger partial charge in [-0.05, 0) is 44.1 Å². The van der Waals surface area contributed by atoms with E-state index in [2.05, 4.69) is 18.7 Å². The van der Waals surface area contributed by atoms with Crippen LogP contribution in [0.15, 0.2) is 24.3 Å². The molecular weight excluding hydrogens is 227 g/mol. The summed E-state index contributed by atoms with van der Waals surface area (Å²) >= 11 is 0. The molecule has 18 heavy (non-hydrogen) atoms. The second-order valence-electron chi connectivity index (χ2n) is 4.84. The molecule has 2 unspecified atom stereocenters. The fourth-order valence-electron chi connectivity index (χ4n) is 2.36. The highest BCUT2D eigenvalue weighted by atomic mass is 19.1. The van der Waals surface area contributed by atoms with Crippen molar-refractivity contribution in [1.82, 2.24) is 4.90 Å². The van der Waals surface area contributed by atoms with Crippen LogP contribution in [-0.2, 0) is 0 Å². The van der Waals surface area contributed by atoms with Gasteiger partial charge in [-0.2, -0.15) is 0 Å². The average molecular weight is 252 g/mol. The molecule has 0 fully saturated rings. The molecule has 0 aliphatic heterocycles. The summed E-state index contributed by atoms with van der Waals surface area (Å²) < 4.78 is 13.0. The van der Waals surface area contributed by atoms with E-state index < -0.39 is 0 Å². The smallest absolute Gasteiger partial charge is 0.123 e. The molecule has 0 saturated heterocycles. The minimum Gasteiger partial charge on any atom is -0.326 e. The molecule has 0 aromatic heterocycles. The van der Waals surface area contributed by atoms with Gasteiger partial charge < -0.3 is 5.73 Å². The summed E-state index contributed by atoms with van der Waals surface area (Å²) in [5.41, 5.74) is 7.22. The Morgan fingerprint density at radius 2 is 1.83 bits per heavy atom. The average Bonchev–Trinajstić information content (AvgIpc) is 2.35. The van der Waals surface area contributed by atoms with E-state index in [1.807, 2.05) is 19.1 Å². The van der Waals surface area contributed by atoms with Gasteiger partial charge in [-0.3, -0.25) is 4.90 Å². The lowest BCUT2D eigenvalue weighted by Gasteiger charge is -2.33. The van der Waals surface area contributed by atoms with Gasteiger partial charge in [0, 0.05) is 12.1 Å². The summed E-state index contributed by atoms with van der Waals surface area (Å²) in [6.07, 6.45) is 2.34. The largest absolute Gasteiger partial charge is 0.326 e. The van der Waals surface area contributed by atoms with Crippen molar-refractivity contribution in [3.63, 3.8) is 0 Å². The van der Waals surface area contributed by atoms with Crippen LogP contribution in [0.2, 0.25) is 0 Å². The van der Waals surface area contributed by atoms with E-state index in [-0.39, 0.29) is 17.9 Å². The van der Waals surface area contributed by atoms with Crippen molar-refractivity contribution in [2.45, 2.75) is 45.7 Å². The first-order valence-corrected chi connectivity index (χ1v) is 6.85. The number of unbranched alkanes of at least 4 members (excludes halogenated alkanes) is 1. The molecule has 0 amide bonds. The molecule has 0 aliphatic rings. The van der Waals surface area contributed by atoms with E-state index in [4.69, 9.17) is 5.73 Å². The van der Waals surface area contributed by atoms with Crippen LogP contribution in [0.3, 0.4) is 0 Å². The standard InChI is InChI=1S/C15H25FN2/c1-4-6-11-18(5-2)15(12(3)17)13-7-9-14(16)10-8-13/h7-10,12,15H,4-6,11,17H2,1-3H3. The van der Waals surface area contributed by atoms with Gasteiger partial charge in [0.05, 0.1) is 0 Å². The Kier molecular flexibility index (Phi) is 6.30. The van der Waals surface area contributed by atoms with Crippen molar-refractivity contribution in [2.24, 2.45) is 5.73 Å². The predicted octanol–water partition coefficient (Wildman–Crippen LogP) is 3.34. The minimum atomic E-state index is -0.196. The Morgan fingerprint density at radius 3 is 2.28 bits per heavy atom. The molecule has 1 aromatic rings. The zero-order chi connectivity index (χ0) is 13.5. The fraction of sp³-hybridized carbons (Fsp3) is 0.600. The van der Waals surface area contributed by atoms with Crippen molar-refractivity contribution >= 4 is 0 Å². The van der Waals surface area contributed by atoms with E-state index in [0.29, 0.717) is 0 Å². The quantitative estimate of drug-likeness (QED) is 0.806. The molecule has 1 aromatic carbocycles. The van der Waals surface area contributed by atoms with E-state index in [1.54, 1.807) is 0 Å². The first-order chi connectivity index (χ1) is 8.60. The molecule has 2 N–H and O–H groups in total. The summed E-state index contributed by atoms with van der Waals surface area (Å²) in [7, 11) is 0. The highest BCUT2D eigenvalue weighted by molar-refractivity contribution is 5.21. The van der Waals surface area contributed by atoms with Crippen LogP contribution in [0.5, 0.6) is 0 Å². The van der Waals surface area contributed by atoms with E-state index >= 15 is 0 Å². The molecular formula is C15H25FN2. The first-order valence-electron chi connectivity index (χ1n) is 6.85. The van der Waals surface area contributed by atoms with Gasteiger partial charge in [-0.25, -0.2) is 4.39 Å². The maximum atomic E-state index is 13.0. The van der Waals surface area contributed by atoms with Crippen molar-refractivity contribution in [3.05, 3.63) is 35.6 Å².